The number of nitro groups is 1. The third kappa shape index (κ3) is 10.0. The molecular weight excluding hydrogens is 563 g/mol. The molecule has 220 valence electrons. The zero-order valence-electron chi connectivity index (χ0n) is 22.7. The van der Waals surface area contributed by atoms with Gasteiger partial charge in [0.2, 0.25) is 0 Å². The first-order valence-corrected chi connectivity index (χ1v) is 15.5. The molecule has 39 heavy (non-hydrogen) atoms. The number of aromatic nitrogens is 2. The summed E-state index contributed by atoms with van der Waals surface area (Å²) >= 11 is 6.06. The van der Waals surface area contributed by atoms with Gasteiger partial charge in [-0.2, -0.15) is 0 Å². The number of halogens is 4. The van der Waals surface area contributed by atoms with Crippen molar-refractivity contribution in [3.05, 3.63) is 51.4 Å². The lowest BCUT2D eigenvalue weighted by Crippen LogP contribution is -2.48. The van der Waals surface area contributed by atoms with Crippen LogP contribution in [0.4, 0.5) is 19.0 Å². The normalized spacial score (nSPS) is 15.2. The van der Waals surface area contributed by atoms with Gasteiger partial charge in [-0.1, -0.05) is 32.9 Å². The number of hydrogen-bond donors (Lipinski definition) is 1. The van der Waals surface area contributed by atoms with Crippen molar-refractivity contribution in [1.82, 2.24) is 9.55 Å². The summed E-state index contributed by atoms with van der Waals surface area (Å²) in [4.78, 5) is 14.1. The number of imidazole rings is 1. The topological polar surface area (TPSA) is 118 Å². The van der Waals surface area contributed by atoms with Crippen molar-refractivity contribution in [2.45, 2.75) is 83.5 Å². The lowest BCUT2D eigenvalue weighted by Gasteiger charge is -2.41. The summed E-state index contributed by atoms with van der Waals surface area (Å²) in [7, 11) is -2.47. The van der Waals surface area contributed by atoms with Gasteiger partial charge in [0.15, 0.2) is 8.32 Å². The fourth-order valence-electron chi connectivity index (χ4n) is 3.36. The van der Waals surface area contributed by atoms with Gasteiger partial charge in [0, 0.05) is 13.0 Å². The quantitative estimate of drug-likeness (QED) is 0.0894. The molecule has 0 aliphatic carbocycles. The summed E-state index contributed by atoms with van der Waals surface area (Å²) in [5.74, 6) is -0.853. The van der Waals surface area contributed by atoms with Crippen molar-refractivity contribution in [3.63, 3.8) is 0 Å². The molecular formula is C24H35ClF3N3O7Si. The van der Waals surface area contributed by atoms with Gasteiger partial charge in [-0.05, 0) is 64.3 Å². The molecule has 1 aromatic heterocycles. The smallest absolute Gasteiger partial charge is 0.411 e. The molecule has 0 radical (unpaired) electrons. The first kappa shape index (κ1) is 33.0. The molecule has 15 heteroatoms. The highest BCUT2D eigenvalue weighted by atomic mass is 35.5. The minimum absolute atomic E-state index is 0.0919. The van der Waals surface area contributed by atoms with E-state index in [9.17, 15) is 28.4 Å². The Kier molecular flexibility index (Phi) is 11.3. The Morgan fingerprint density at radius 2 is 1.82 bits per heavy atom. The van der Waals surface area contributed by atoms with Crippen LogP contribution < -0.4 is 4.74 Å². The Morgan fingerprint density at radius 1 is 1.21 bits per heavy atom. The summed E-state index contributed by atoms with van der Waals surface area (Å²) in [5.41, 5.74) is 0.511. The zero-order chi connectivity index (χ0) is 29.6. The first-order valence-electron chi connectivity index (χ1n) is 12.2. The summed E-state index contributed by atoms with van der Waals surface area (Å²) < 4.78 is 60.9. The zero-order valence-corrected chi connectivity index (χ0v) is 24.5. The molecule has 0 saturated heterocycles. The summed E-state index contributed by atoms with van der Waals surface area (Å²) in [6.07, 6.45) is -6.40. The van der Waals surface area contributed by atoms with Crippen molar-refractivity contribution in [1.29, 1.82) is 0 Å². The molecule has 0 saturated carbocycles. The molecule has 0 spiro atoms. The highest BCUT2D eigenvalue weighted by molar-refractivity contribution is 6.74. The van der Waals surface area contributed by atoms with Crippen molar-refractivity contribution in [3.8, 4) is 5.75 Å². The molecule has 0 fully saturated rings. The average Bonchev–Trinajstić information content (AvgIpc) is 3.17. The number of benzene rings is 1. The van der Waals surface area contributed by atoms with Crippen molar-refractivity contribution in [2.24, 2.45) is 0 Å². The molecule has 1 aromatic carbocycles. The number of alkyl halides is 3. The highest BCUT2D eigenvalue weighted by Crippen LogP contribution is 2.39. The van der Waals surface area contributed by atoms with E-state index in [4.69, 9.17) is 25.5 Å². The second-order valence-corrected chi connectivity index (χ2v) is 15.5. The molecule has 0 bridgehead atoms. The van der Waals surface area contributed by atoms with Crippen LogP contribution in [0.1, 0.15) is 45.8 Å². The van der Waals surface area contributed by atoms with Crippen LogP contribution in [0.2, 0.25) is 23.4 Å². The maximum Gasteiger partial charge on any atom is 0.573 e. The highest BCUT2D eigenvalue weighted by Gasteiger charge is 2.41. The van der Waals surface area contributed by atoms with Gasteiger partial charge in [-0.15, -0.1) is 13.2 Å². The molecule has 1 heterocycles. The first-order chi connectivity index (χ1) is 17.9. The van der Waals surface area contributed by atoms with Gasteiger partial charge in [-0.3, -0.25) is 4.57 Å². The molecule has 1 unspecified atom stereocenters. The number of hydrogen-bond acceptors (Lipinski definition) is 8. The third-order valence-electron chi connectivity index (χ3n) is 6.46. The van der Waals surface area contributed by atoms with Crippen LogP contribution in [0.5, 0.6) is 5.75 Å². The van der Waals surface area contributed by atoms with E-state index < -0.39 is 43.7 Å². The van der Waals surface area contributed by atoms with Crippen LogP contribution in [-0.2, 0) is 20.4 Å². The number of rotatable bonds is 14. The molecule has 1 N–H and O–H groups in total. The molecule has 2 aromatic rings. The van der Waals surface area contributed by atoms with Gasteiger partial charge in [0.1, 0.15) is 18.7 Å². The second-order valence-electron chi connectivity index (χ2n) is 10.4. The summed E-state index contributed by atoms with van der Waals surface area (Å²) in [6, 6.07) is 5.21. The molecule has 0 amide bonds. The van der Waals surface area contributed by atoms with Crippen LogP contribution in [0.15, 0.2) is 30.5 Å². The molecule has 3 atom stereocenters. The SMILES string of the molecule is CCOCOC(C[C@H](O[Si](C)(C)C(C)(C)C)[C@@H](O)Cn1cc([N+](=O)[O-])nc1Cl)c1ccc(OC(F)(F)F)cc1. The van der Waals surface area contributed by atoms with Gasteiger partial charge in [0.05, 0.1) is 24.9 Å². The number of aliphatic hydroxyl groups excluding tert-OH is 1. The van der Waals surface area contributed by atoms with Gasteiger partial charge < -0.3 is 33.9 Å². The van der Waals surface area contributed by atoms with Gasteiger partial charge in [0.25, 0.3) is 0 Å². The van der Waals surface area contributed by atoms with Crippen LogP contribution >= 0.6 is 11.6 Å². The van der Waals surface area contributed by atoms with Gasteiger partial charge in [-0.25, -0.2) is 0 Å². The van der Waals surface area contributed by atoms with E-state index in [1.54, 1.807) is 6.92 Å². The summed E-state index contributed by atoms with van der Waals surface area (Å²) in [6.45, 7) is 12.0. The average molecular weight is 598 g/mol. The van der Waals surface area contributed by atoms with Crippen molar-refractivity contribution in [2.75, 3.05) is 13.4 Å². The van der Waals surface area contributed by atoms with E-state index in [1.807, 2.05) is 33.9 Å². The Morgan fingerprint density at radius 3 is 2.31 bits per heavy atom. The van der Waals surface area contributed by atoms with Crippen LogP contribution in [0.25, 0.3) is 0 Å². The Bertz CT molecular complexity index is 1080. The van der Waals surface area contributed by atoms with Gasteiger partial charge >= 0.3 is 17.5 Å². The fourth-order valence-corrected chi connectivity index (χ4v) is 4.93. The maximum atomic E-state index is 12.6. The van der Waals surface area contributed by atoms with E-state index in [1.165, 1.54) is 28.8 Å². The summed E-state index contributed by atoms with van der Waals surface area (Å²) in [5, 5.41) is 22.0. The van der Waals surface area contributed by atoms with Crippen LogP contribution in [0, 0.1) is 10.1 Å². The molecule has 0 aliphatic heterocycles. The Balaban J connectivity index is 2.39. The lowest BCUT2D eigenvalue weighted by atomic mass is 10.00. The Hall–Kier alpha value is -2.23. The minimum atomic E-state index is -4.83. The molecule has 0 aliphatic rings. The van der Waals surface area contributed by atoms with E-state index in [0.29, 0.717) is 12.2 Å². The van der Waals surface area contributed by atoms with Crippen LogP contribution in [-0.4, -0.2) is 59.9 Å². The number of ether oxygens (including phenoxy) is 3. The number of aliphatic hydroxyl groups is 1. The van der Waals surface area contributed by atoms with Crippen molar-refractivity contribution < 1.29 is 41.8 Å². The van der Waals surface area contributed by atoms with E-state index in [-0.39, 0.29) is 35.8 Å². The second kappa shape index (κ2) is 13.4. The monoisotopic (exact) mass is 597 g/mol. The maximum absolute atomic E-state index is 12.6. The standard InChI is InChI=1S/C24H35ClF3N3O7Si/c1-7-35-15-36-19(16-8-10-17(11-9-16)37-24(26,27)28)12-20(38-39(5,6)23(2,3)4)18(32)13-30-14-21(31(33)34)29-22(30)25/h8-11,14,18-20,32H,7,12-13,15H2,1-6H3/t18-,19?,20-/m0/s1. The predicted octanol–water partition coefficient (Wildman–Crippen LogP) is 6.24. The van der Waals surface area contributed by atoms with Crippen molar-refractivity contribution >= 4 is 25.7 Å². The number of nitrogens with zero attached hydrogens (tertiary/aromatic N) is 3. The molecule has 2 rings (SSSR count). The minimum Gasteiger partial charge on any atom is -0.411 e. The Labute approximate surface area is 231 Å². The van der Waals surface area contributed by atoms with E-state index in [2.05, 4.69) is 9.72 Å². The van der Waals surface area contributed by atoms with E-state index in [0.717, 1.165) is 6.20 Å². The lowest BCUT2D eigenvalue weighted by molar-refractivity contribution is -0.389. The van der Waals surface area contributed by atoms with E-state index >= 15 is 0 Å². The fraction of sp³-hybridized carbons (Fsp3) is 0.625. The predicted molar refractivity (Wildman–Crippen MR) is 140 cm³/mol. The molecule has 10 nitrogen and oxygen atoms in total. The largest absolute Gasteiger partial charge is 0.573 e. The third-order valence-corrected chi connectivity index (χ3v) is 11.3. The van der Waals surface area contributed by atoms with Crippen LogP contribution in [0.3, 0.4) is 0 Å².